The molecule has 0 amide bonds. The molecular weight excluding hydrogens is 376 g/mol. The number of halogens is 2. The van der Waals surface area contributed by atoms with E-state index in [-0.39, 0.29) is 23.6 Å². The number of rotatable bonds is 3. The first kappa shape index (κ1) is 18.4. The molecule has 146 valence electrons. The van der Waals surface area contributed by atoms with Crippen LogP contribution in [-0.4, -0.2) is 5.71 Å². The lowest BCUT2D eigenvalue weighted by Crippen LogP contribution is -2.23. The molecule has 30 heavy (non-hydrogen) atoms. The topological polar surface area (TPSA) is 12.4 Å². The highest BCUT2D eigenvalue weighted by atomic mass is 19.1. The van der Waals surface area contributed by atoms with Gasteiger partial charge in [-0.15, -0.1) is 0 Å². The Balaban J connectivity index is 1.77. The van der Waals surface area contributed by atoms with E-state index >= 15 is 0 Å². The van der Waals surface area contributed by atoms with Crippen molar-refractivity contribution in [3.63, 3.8) is 0 Å². The predicted molar refractivity (Wildman–Crippen MR) is 116 cm³/mol. The minimum absolute atomic E-state index is 0.122. The van der Waals surface area contributed by atoms with Crippen LogP contribution in [0, 0.1) is 11.6 Å². The number of benzene rings is 4. The summed E-state index contributed by atoms with van der Waals surface area (Å²) in [5.41, 5.74) is 5.48. The van der Waals surface area contributed by atoms with Gasteiger partial charge in [-0.2, -0.15) is 0 Å². The molecule has 0 saturated heterocycles. The second-order valence-corrected chi connectivity index (χ2v) is 7.46. The Kier molecular flexibility index (Phi) is 4.72. The second-order valence-electron chi connectivity index (χ2n) is 7.46. The van der Waals surface area contributed by atoms with E-state index in [1.54, 1.807) is 24.3 Å². The van der Waals surface area contributed by atoms with Crippen LogP contribution in [0.5, 0.6) is 0 Å². The Morgan fingerprint density at radius 1 is 0.600 bits per heavy atom. The van der Waals surface area contributed by atoms with E-state index in [0.717, 1.165) is 33.5 Å². The zero-order valence-electron chi connectivity index (χ0n) is 16.2. The fourth-order valence-corrected chi connectivity index (χ4v) is 4.24. The molecule has 1 heterocycles. The third-order valence-corrected chi connectivity index (χ3v) is 5.61. The fraction of sp³-hybridized carbons (Fsp3) is 0.0741. The molecule has 0 radical (unpaired) electrons. The van der Waals surface area contributed by atoms with Crippen molar-refractivity contribution in [2.75, 3.05) is 0 Å². The summed E-state index contributed by atoms with van der Waals surface area (Å²) in [5.74, 6) is -0.693. The lowest BCUT2D eigenvalue weighted by atomic mass is 9.76. The van der Waals surface area contributed by atoms with Gasteiger partial charge in [0.15, 0.2) is 0 Å². The van der Waals surface area contributed by atoms with Crippen molar-refractivity contribution in [3.8, 4) is 0 Å². The molecule has 2 atom stereocenters. The van der Waals surface area contributed by atoms with Crippen LogP contribution in [0.15, 0.2) is 108 Å². The number of nitrogens with zero attached hydrogens (tertiary/aromatic N) is 1. The molecule has 0 fully saturated rings. The Morgan fingerprint density at radius 3 is 1.87 bits per heavy atom. The molecule has 0 saturated carbocycles. The smallest absolute Gasteiger partial charge is 0.123 e. The molecule has 0 N–H and O–H groups in total. The summed E-state index contributed by atoms with van der Waals surface area (Å²) in [6.07, 6.45) is 0. The van der Waals surface area contributed by atoms with Gasteiger partial charge in [0.1, 0.15) is 11.6 Å². The largest absolute Gasteiger partial charge is 0.275 e. The summed E-state index contributed by atoms with van der Waals surface area (Å²) in [6, 6.07) is 31.1. The molecule has 4 aromatic carbocycles. The average molecular weight is 395 g/mol. The maximum absolute atomic E-state index is 14.4. The minimum Gasteiger partial charge on any atom is -0.275 e. The van der Waals surface area contributed by atoms with Crippen LogP contribution in [0.2, 0.25) is 0 Å². The van der Waals surface area contributed by atoms with Gasteiger partial charge in [0.25, 0.3) is 0 Å². The Hall–Kier alpha value is -3.59. The van der Waals surface area contributed by atoms with Crippen LogP contribution in [0.25, 0.3) is 0 Å². The maximum Gasteiger partial charge on any atom is 0.123 e. The van der Waals surface area contributed by atoms with Crippen LogP contribution >= 0.6 is 0 Å². The standard InChI is InChI=1S/C27H19F2N/c28-21-13-11-20(12-14-21)26-23-16-15-22(29)17-24(23)25(18-7-3-1-4-8-18)27(30-26)19-9-5-2-6-10-19/h1-17,25,27H/t25-,27-/m1/s1. The van der Waals surface area contributed by atoms with Crippen molar-refractivity contribution in [2.45, 2.75) is 12.0 Å². The van der Waals surface area contributed by atoms with E-state index in [9.17, 15) is 8.78 Å². The highest BCUT2D eigenvalue weighted by Gasteiger charge is 2.34. The van der Waals surface area contributed by atoms with Gasteiger partial charge in [-0.25, -0.2) is 8.78 Å². The van der Waals surface area contributed by atoms with Crippen molar-refractivity contribution < 1.29 is 8.78 Å². The van der Waals surface area contributed by atoms with E-state index < -0.39 is 0 Å². The monoisotopic (exact) mass is 395 g/mol. The number of hydrogen-bond acceptors (Lipinski definition) is 1. The van der Waals surface area contributed by atoms with E-state index in [4.69, 9.17) is 4.99 Å². The molecule has 0 aromatic heterocycles. The van der Waals surface area contributed by atoms with Gasteiger partial charge in [0.2, 0.25) is 0 Å². The normalized spacial score (nSPS) is 17.9. The second kappa shape index (κ2) is 7.68. The number of hydrogen-bond donors (Lipinski definition) is 0. The first-order valence-corrected chi connectivity index (χ1v) is 9.94. The summed E-state index contributed by atoms with van der Waals surface area (Å²) >= 11 is 0. The first-order chi connectivity index (χ1) is 14.7. The number of aliphatic imine (C=N–C) groups is 1. The molecule has 5 rings (SSSR count). The van der Waals surface area contributed by atoms with Crippen LogP contribution in [-0.2, 0) is 0 Å². The maximum atomic E-state index is 14.4. The number of fused-ring (bicyclic) bond motifs is 1. The van der Waals surface area contributed by atoms with Gasteiger partial charge >= 0.3 is 0 Å². The highest BCUT2D eigenvalue weighted by Crippen LogP contribution is 2.45. The van der Waals surface area contributed by atoms with Crippen LogP contribution in [0.3, 0.4) is 0 Å². The summed E-state index contributed by atoms with van der Waals surface area (Å²) in [6.45, 7) is 0. The summed E-state index contributed by atoms with van der Waals surface area (Å²) in [7, 11) is 0. The van der Waals surface area contributed by atoms with Gasteiger partial charge in [-0.1, -0.05) is 60.7 Å². The lowest BCUT2D eigenvalue weighted by molar-refractivity contribution is 0.597. The molecule has 0 spiro atoms. The molecule has 3 heteroatoms. The van der Waals surface area contributed by atoms with E-state index in [0.29, 0.717) is 0 Å². The average Bonchev–Trinajstić information content (AvgIpc) is 2.79. The molecule has 0 aliphatic carbocycles. The Morgan fingerprint density at radius 2 is 1.20 bits per heavy atom. The fourth-order valence-electron chi connectivity index (χ4n) is 4.24. The summed E-state index contributed by atoms with van der Waals surface area (Å²) in [5, 5.41) is 0. The lowest BCUT2D eigenvalue weighted by Gasteiger charge is -2.33. The molecule has 4 aromatic rings. The quantitative estimate of drug-likeness (QED) is 0.366. The van der Waals surface area contributed by atoms with Gasteiger partial charge in [0.05, 0.1) is 11.8 Å². The first-order valence-electron chi connectivity index (χ1n) is 9.94. The van der Waals surface area contributed by atoms with Gasteiger partial charge in [-0.3, -0.25) is 4.99 Å². The van der Waals surface area contributed by atoms with Crippen molar-refractivity contribution in [1.82, 2.24) is 0 Å². The van der Waals surface area contributed by atoms with Gasteiger partial charge < -0.3 is 0 Å². The van der Waals surface area contributed by atoms with E-state index in [1.165, 1.54) is 18.2 Å². The van der Waals surface area contributed by atoms with Crippen LogP contribution in [0.4, 0.5) is 8.78 Å². The highest BCUT2D eigenvalue weighted by molar-refractivity contribution is 6.14. The summed E-state index contributed by atoms with van der Waals surface area (Å²) < 4.78 is 27.9. The zero-order valence-corrected chi connectivity index (χ0v) is 16.2. The van der Waals surface area contributed by atoms with E-state index in [1.807, 2.05) is 36.4 Å². The van der Waals surface area contributed by atoms with Gasteiger partial charge in [0, 0.05) is 17.0 Å². The molecule has 0 bridgehead atoms. The van der Waals surface area contributed by atoms with Crippen molar-refractivity contribution in [1.29, 1.82) is 0 Å². The third kappa shape index (κ3) is 3.33. The Bertz CT molecular complexity index is 1200. The SMILES string of the molecule is Fc1ccc(C2=N[C@H](c3ccccc3)[C@H](c3ccccc3)c3cc(F)ccc32)cc1. The van der Waals surface area contributed by atoms with Crippen molar-refractivity contribution in [3.05, 3.63) is 143 Å². The molecule has 0 unspecified atom stereocenters. The van der Waals surface area contributed by atoms with Gasteiger partial charge in [-0.05, 0) is 59.2 Å². The zero-order chi connectivity index (χ0) is 20.5. The predicted octanol–water partition coefficient (Wildman–Crippen LogP) is 6.69. The van der Waals surface area contributed by atoms with E-state index in [2.05, 4.69) is 24.3 Å². The molecule has 1 aliphatic heterocycles. The Labute approximate surface area is 174 Å². The van der Waals surface area contributed by atoms with Crippen LogP contribution < -0.4 is 0 Å². The van der Waals surface area contributed by atoms with Crippen molar-refractivity contribution >= 4 is 5.71 Å². The molecule has 1 nitrogen and oxygen atoms in total. The minimum atomic E-state index is -0.295. The third-order valence-electron chi connectivity index (χ3n) is 5.61. The molecular formula is C27H19F2N. The van der Waals surface area contributed by atoms with Crippen molar-refractivity contribution in [2.24, 2.45) is 4.99 Å². The van der Waals surface area contributed by atoms with Crippen LogP contribution in [0.1, 0.15) is 39.8 Å². The molecule has 1 aliphatic rings. The summed E-state index contributed by atoms with van der Waals surface area (Å²) in [4.78, 5) is 5.15.